The molecule has 1 rings (SSSR count). The molecular weight excluding hydrogens is 160 g/mol. The molecule has 0 amide bonds. The minimum absolute atomic E-state index is 0.335. The van der Waals surface area contributed by atoms with E-state index >= 15 is 0 Å². The number of hydrogen-bond acceptors (Lipinski definition) is 2. The molecule has 1 saturated heterocycles. The van der Waals surface area contributed by atoms with Crippen LogP contribution in [-0.2, 0) is 0 Å². The zero-order valence-electron chi connectivity index (χ0n) is 9.51. The zero-order chi connectivity index (χ0) is 10.1. The Morgan fingerprint density at radius 2 is 1.62 bits per heavy atom. The lowest BCUT2D eigenvalue weighted by Crippen LogP contribution is -2.48. The third kappa shape index (κ3) is 2.44. The highest BCUT2D eigenvalue weighted by atomic mass is 15.2. The van der Waals surface area contributed by atoms with Crippen LogP contribution in [0, 0.1) is 5.41 Å². The Morgan fingerprint density at radius 1 is 1.15 bits per heavy atom. The normalized spacial score (nSPS) is 26.3. The van der Waals surface area contributed by atoms with Gasteiger partial charge in [-0.3, -0.25) is 0 Å². The summed E-state index contributed by atoms with van der Waals surface area (Å²) in [4.78, 5) is 2.55. The van der Waals surface area contributed by atoms with E-state index in [1.165, 1.54) is 25.9 Å². The predicted molar refractivity (Wildman–Crippen MR) is 57.7 cm³/mol. The van der Waals surface area contributed by atoms with E-state index in [0.29, 0.717) is 17.5 Å². The molecule has 0 aromatic carbocycles. The lowest BCUT2D eigenvalue weighted by atomic mass is 9.75. The lowest BCUT2D eigenvalue weighted by Gasteiger charge is -2.43. The van der Waals surface area contributed by atoms with Crippen molar-refractivity contribution in [1.29, 1.82) is 0 Å². The Labute approximate surface area is 82.5 Å². The molecule has 1 atom stereocenters. The van der Waals surface area contributed by atoms with Gasteiger partial charge in [0.25, 0.3) is 0 Å². The summed E-state index contributed by atoms with van der Waals surface area (Å²) in [5.41, 5.74) is 6.38. The summed E-state index contributed by atoms with van der Waals surface area (Å²) in [5.74, 6) is 0. The van der Waals surface area contributed by atoms with Crippen LogP contribution in [0.15, 0.2) is 0 Å². The Balaban J connectivity index is 2.47. The van der Waals surface area contributed by atoms with Crippen LogP contribution in [-0.4, -0.2) is 30.1 Å². The van der Waals surface area contributed by atoms with Crippen LogP contribution in [0.2, 0.25) is 0 Å². The topological polar surface area (TPSA) is 29.3 Å². The number of nitrogens with two attached hydrogens (primary N) is 1. The maximum Gasteiger partial charge on any atom is 0.00653 e. The van der Waals surface area contributed by atoms with Crippen LogP contribution >= 0.6 is 0 Å². The van der Waals surface area contributed by atoms with Crippen molar-refractivity contribution in [2.75, 3.05) is 13.1 Å². The van der Waals surface area contributed by atoms with Crippen molar-refractivity contribution in [3.05, 3.63) is 0 Å². The molecule has 1 aliphatic heterocycles. The van der Waals surface area contributed by atoms with Gasteiger partial charge in [0, 0.05) is 12.1 Å². The smallest absolute Gasteiger partial charge is 0.00653 e. The molecule has 0 unspecified atom stereocenters. The molecule has 78 valence electrons. The Hall–Kier alpha value is -0.0800. The van der Waals surface area contributed by atoms with Gasteiger partial charge in [-0.15, -0.1) is 0 Å². The average Bonchev–Trinajstić information content (AvgIpc) is 2.04. The average molecular weight is 184 g/mol. The molecule has 1 fully saturated rings. The quantitative estimate of drug-likeness (QED) is 0.709. The highest BCUT2D eigenvalue weighted by Crippen LogP contribution is 2.33. The second-order valence-electron chi connectivity index (χ2n) is 5.07. The van der Waals surface area contributed by atoms with E-state index in [1.807, 2.05) is 0 Å². The summed E-state index contributed by atoms with van der Waals surface area (Å²) in [6, 6.07) is 1.03. The summed E-state index contributed by atoms with van der Waals surface area (Å²) in [6.07, 6.45) is 2.51. The highest BCUT2D eigenvalue weighted by Gasteiger charge is 2.33. The summed E-state index contributed by atoms with van der Waals surface area (Å²) >= 11 is 0. The van der Waals surface area contributed by atoms with E-state index in [4.69, 9.17) is 5.73 Å². The number of nitrogens with zero attached hydrogens (tertiary/aromatic N) is 1. The van der Waals surface area contributed by atoms with E-state index < -0.39 is 0 Å². The molecule has 0 aromatic heterocycles. The third-order valence-electron chi connectivity index (χ3n) is 3.77. The molecular formula is C11H24N2. The molecule has 2 N–H and O–H groups in total. The first-order valence-corrected chi connectivity index (χ1v) is 5.45. The van der Waals surface area contributed by atoms with Crippen LogP contribution in [0.3, 0.4) is 0 Å². The van der Waals surface area contributed by atoms with Gasteiger partial charge in [-0.2, -0.15) is 0 Å². The van der Waals surface area contributed by atoms with Crippen LogP contribution in [0.1, 0.15) is 40.5 Å². The molecule has 1 heterocycles. The van der Waals surface area contributed by atoms with Crippen molar-refractivity contribution in [3.8, 4) is 0 Å². The van der Waals surface area contributed by atoms with Crippen LogP contribution in [0.5, 0.6) is 0 Å². The van der Waals surface area contributed by atoms with Crippen LogP contribution in [0.4, 0.5) is 0 Å². The second-order valence-corrected chi connectivity index (χ2v) is 5.07. The Morgan fingerprint density at radius 3 is 1.92 bits per heavy atom. The number of hydrogen-bond donors (Lipinski definition) is 1. The molecule has 0 bridgehead atoms. The van der Waals surface area contributed by atoms with Crippen LogP contribution < -0.4 is 5.73 Å². The van der Waals surface area contributed by atoms with Crippen molar-refractivity contribution in [2.24, 2.45) is 11.1 Å². The van der Waals surface area contributed by atoms with Crippen molar-refractivity contribution < 1.29 is 0 Å². The first-order chi connectivity index (χ1) is 5.96. The SMILES string of the molecule is CC(C)N1CCC(C)([C@H](C)N)CC1. The summed E-state index contributed by atoms with van der Waals surface area (Å²) in [7, 11) is 0. The summed E-state index contributed by atoms with van der Waals surface area (Å²) < 4.78 is 0. The van der Waals surface area contributed by atoms with E-state index in [2.05, 4.69) is 32.6 Å². The minimum atomic E-state index is 0.335. The van der Waals surface area contributed by atoms with Crippen LogP contribution in [0.25, 0.3) is 0 Å². The van der Waals surface area contributed by atoms with Gasteiger partial charge in [0.2, 0.25) is 0 Å². The monoisotopic (exact) mass is 184 g/mol. The maximum absolute atomic E-state index is 6.00. The van der Waals surface area contributed by atoms with E-state index in [1.54, 1.807) is 0 Å². The molecule has 0 aliphatic carbocycles. The predicted octanol–water partition coefficient (Wildman–Crippen LogP) is 1.84. The molecule has 2 nitrogen and oxygen atoms in total. The molecule has 0 aromatic rings. The van der Waals surface area contributed by atoms with Crippen molar-refractivity contribution in [2.45, 2.75) is 52.6 Å². The van der Waals surface area contributed by atoms with Crippen molar-refractivity contribution in [3.63, 3.8) is 0 Å². The molecule has 2 heteroatoms. The number of likely N-dealkylation sites (tertiary alicyclic amines) is 1. The number of piperidine rings is 1. The molecule has 0 spiro atoms. The molecule has 13 heavy (non-hydrogen) atoms. The first kappa shape index (κ1) is 11.0. The number of rotatable bonds is 2. The van der Waals surface area contributed by atoms with Gasteiger partial charge in [-0.1, -0.05) is 6.92 Å². The standard InChI is InChI=1S/C11H24N2/c1-9(2)13-7-5-11(4,6-8-13)10(3)12/h9-10H,5-8,12H2,1-4H3/t10-/m0/s1. The summed E-state index contributed by atoms with van der Waals surface area (Å²) in [5, 5.41) is 0. The van der Waals surface area contributed by atoms with E-state index in [-0.39, 0.29) is 0 Å². The van der Waals surface area contributed by atoms with E-state index in [0.717, 1.165) is 0 Å². The van der Waals surface area contributed by atoms with Gasteiger partial charge in [-0.25, -0.2) is 0 Å². The fraction of sp³-hybridized carbons (Fsp3) is 1.00. The van der Waals surface area contributed by atoms with Gasteiger partial charge >= 0.3 is 0 Å². The summed E-state index contributed by atoms with van der Waals surface area (Å²) in [6.45, 7) is 11.5. The Bertz CT molecular complexity index is 155. The van der Waals surface area contributed by atoms with Gasteiger partial charge in [0.05, 0.1) is 0 Å². The molecule has 0 radical (unpaired) electrons. The molecule has 1 aliphatic rings. The van der Waals surface area contributed by atoms with E-state index in [9.17, 15) is 0 Å². The zero-order valence-corrected chi connectivity index (χ0v) is 9.51. The van der Waals surface area contributed by atoms with Crippen molar-refractivity contribution >= 4 is 0 Å². The molecule has 0 saturated carbocycles. The lowest BCUT2D eigenvalue weighted by molar-refractivity contribution is 0.0802. The Kier molecular flexibility index (Phi) is 3.36. The maximum atomic E-state index is 6.00. The van der Waals surface area contributed by atoms with Gasteiger partial charge < -0.3 is 10.6 Å². The fourth-order valence-corrected chi connectivity index (χ4v) is 2.01. The minimum Gasteiger partial charge on any atom is -0.327 e. The van der Waals surface area contributed by atoms with Gasteiger partial charge in [0.15, 0.2) is 0 Å². The van der Waals surface area contributed by atoms with Gasteiger partial charge in [0.1, 0.15) is 0 Å². The second kappa shape index (κ2) is 3.97. The van der Waals surface area contributed by atoms with Crippen molar-refractivity contribution in [1.82, 2.24) is 4.90 Å². The van der Waals surface area contributed by atoms with Gasteiger partial charge in [-0.05, 0) is 52.1 Å². The fourth-order valence-electron chi connectivity index (χ4n) is 2.01. The first-order valence-electron chi connectivity index (χ1n) is 5.45. The largest absolute Gasteiger partial charge is 0.327 e. The highest BCUT2D eigenvalue weighted by molar-refractivity contribution is 4.88. The third-order valence-corrected chi connectivity index (χ3v) is 3.77.